The molecule has 0 atom stereocenters. The van der Waals surface area contributed by atoms with Gasteiger partial charge in [0.15, 0.2) is 0 Å². The van der Waals surface area contributed by atoms with E-state index in [4.69, 9.17) is 14.5 Å². The molecule has 6 aromatic rings. The van der Waals surface area contributed by atoms with Gasteiger partial charge in [-0.25, -0.2) is 9.37 Å². The number of aromatic nitrogens is 2. The van der Waals surface area contributed by atoms with E-state index in [2.05, 4.69) is 64.2 Å². The van der Waals surface area contributed by atoms with Crippen molar-refractivity contribution in [2.24, 2.45) is 0 Å². The van der Waals surface area contributed by atoms with Crippen LogP contribution in [0.4, 0.5) is 4.39 Å². The van der Waals surface area contributed by atoms with Gasteiger partial charge in [-0.2, -0.15) is 0 Å². The molecule has 2 N–H and O–H groups in total. The summed E-state index contributed by atoms with van der Waals surface area (Å²) in [4.78, 5) is 8.73. The summed E-state index contributed by atoms with van der Waals surface area (Å²) in [7, 11) is 1.62. The van der Waals surface area contributed by atoms with Gasteiger partial charge in [0.2, 0.25) is 0 Å². The van der Waals surface area contributed by atoms with E-state index in [0.717, 1.165) is 74.1 Å². The van der Waals surface area contributed by atoms with Crippen LogP contribution in [0.25, 0.3) is 54.6 Å². The fourth-order valence-corrected chi connectivity index (χ4v) is 6.54. The topological polar surface area (TPSA) is 59.2 Å². The van der Waals surface area contributed by atoms with E-state index in [1.54, 1.807) is 24.5 Å². The number of pyridine rings is 1. The quantitative estimate of drug-likeness (QED) is 0.202. The van der Waals surface area contributed by atoms with Gasteiger partial charge >= 0.3 is 0 Å². The average molecular weight is 550 g/mol. The number of aromatic amines is 1. The molecule has 0 unspecified atom stereocenters. The first-order valence-corrected chi connectivity index (χ1v) is 14.3. The Bertz CT molecular complexity index is 1860. The summed E-state index contributed by atoms with van der Waals surface area (Å²) < 4.78 is 26.8. The van der Waals surface area contributed by atoms with Crippen LogP contribution in [0.3, 0.4) is 0 Å². The van der Waals surface area contributed by atoms with Crippen molar-refractivity contribution in [1.82, 2.24) is 15.3 Å². The number of halogens is 1. The number of nitrogens with one attached hydrogen (secondary N) is 2. The van der Waals surface area contributed by atoms with Gasteiger partial charge < -0.3 is 19.8 Å². The van der Waals surface area contributed by atoms with Crippen molar-refractivity contribution in [2.45, 2.75) is 13.0 Å². The van der Waals surface area contributed by atoms with Crippen molar-refractivity contribution in [2.75, 3.05) is 26.9 Å². The smallest absolute Gasteiger partial charge is 0.130 e. The van der Waals surface area contributed by atoms with Crippen molar-refractivity contribution in [3.8, 4) is 39.4 Å². The lowest BCUT2D eigenvalue weighted by atomic mass is 9.93. The molecule has 0 spiro atoms. The maximum atomic E-state index is 14.5. The molecule has 3 aromatic heterocycles. The summed E-state index contributed by atoms with van der Waals surface area (Å²) in [5.74, 6) is 0.130. The Labute approximate surface area is 235 Å². The highest BCUT2D eigenvalue weighted by Gasteiger charge is 2.23. The summed E-state index contributed by atoms with van der Waals surface area (Å²) in [5, 5.41) is 7.77. The molecule has 3 aromatic carbocycles. The highest BCUT2D eigenvalue weighted by molar-refractivity contribution is 7.18. The van der Waals surface area contributed by atoms with E-state index in [1.165, 1.54) is 23.3 Å². The summed E-state index contributed by atoms with van der Waals surface area (Å²) in [6.45, 7) is 2.60. The zero-order valence-corrected chi connectivity index (χ0v) is 22.9. The van der Waals surface area contributed by atoms with Crippen molar-refractivity contribution in [3.05, 3.63) is 95.3 Å². The maximum Gasteiger partial charge on any atom is 0.130 e. The Hall–Kier alpha value is -4.04. The normalized spacial score (nSPS) is 13.2. The molecule has 0 radical (unpaired) electrons. The van der Waals surface area contributed by atoms with Gasteiger partial charge in [-0.15, -0.1) is 11.3 Å². The molecule has 1 aliphatic rings. The Kier molecular flexibility index (Phi) is 6.55. The fourth-order valence-electron chi connectivity index (χ4n) is 5.58. The molecular weight excluding hydrogens is 521 g/mol. The molecule has 0 amide bonds. The molecule has 7 rings (SSSR count). The number of H-pyrrole nitrogens is 1. The SMILES string of the molecule is COCCOc1cc(F)ccc1-c1c(-c2ccc3cc[nH]c3c2)nc(-c2ccc3c(c2)CCNC3)c2ccsc12. The van der Waals surface area contributed by atoms with Crippen LogP contribution in [0.1, 0.15) is 11.1 Å². The Morgan fingerprint density at radius 1 is 0.925 bits per heavy atom. The van der Waals surface area contributed by atoms with Crippen molar-refractivity contribution in [3.63, 3.8) is 0 Å². The highest BCUT2D eigenvalue weighted by Crippen LogP contribution is 2.46. The second-order valence-corrected chi connectivity index (χ2v) is 10.9. The van der Waals surface area contributed by atoms with E-state index in [1.807, 2.05) is 6.20 Å². The summed E-state index contributed by atoms with van der Waals surface area (Å²) in [6, 6.07) is 22.0. The zero-order valence-electron chi connectivity index (χ0n) is 22.1. The van der Waals surface area contributed by atoms with Crippen LogP contribution in [0, 0.1) is 5.82 Å². The molecule has 0 saturated heterocycles. The molecule has 40 heavy (non-hydrogen) atoms. The van der Waals surface area contributed by atoms with Crippen molar-refractivity contribution < 1.29 is 13.9 Å². The van der Waals surface area contributed by atoms with Crippen LogP contribution in [0.2, 0.25) is 0 Å². The van der Waals surface area contributed by atoms with Gasteiger partial charge in [0.05, 0.1) is 18.0 Å². The second kappa shape index (κ2) is 10.5. The molecule has 0 aliphatic carbocycles. The highest BCUT2D eigenvalue weighted by atomic mass is 32.1. The van der Waals surface area contributed by atoms with Crippen LogP contribution in [-0.4, -0.2) is 36.8 Å². The molecule has 4 heterocycles. The average Bonchev–Trinajstić information content (AvgIpc) is 3.66. The van der Waals surface area contributed by atoms with E-state index < -0.39 is 0 Å². The van der Waals surface area contributed by atoms with E-state index in [-0.39, 0.29) is 5.82 Å². The molecular formula is C33H28FN3O2S. The Morgan fingerprint density at radius 2 is 1.82 bits per heavy atom. The van der Waals surface area contributed by atoms with Gasteiger partial charge in [0, 0.05) is 63.8 Å². The minimum absolute atomic E-state index is 0.319. The lowest BCUT2D eigenvalue weighted by molar-refractivity contribution is 0.146. The van der Waals surface area contributed by atoms with E-state index >= 15 is 0 Å². The summed E-state index contributed by atoms with van der Waals surface area (Å²) in [6.07, 6.45) is 2.95. The predicted molar refractivity (Wildman–Crippen MR) is 161 cm³/mol. The number of ether oxygens (including phenoxy) is 2. The van der Waals surface area contributed by atoms with Gasteiger partial charge in [0.25, 0.3) is 0 Å². The number of benzene rings is 3. The number of hydrogen-bond acceptors (Lipinski definition) is 5. The van der Waals surface area contributed by atoms with Crippen LogP contribution in [0.5, 0.6) is 5.75 Å². The van der Waals surface area contributed by atoms with Crippen molar-refractivity contribution >= 4 is 32.3 Å². The monoisotopic (exact) mass is 549 g/mol. The number of nitrogens with zero attached hydrogens (tertiary/aromatic N) is 1. The standard InChI is InChI=1S/C33H28FN3O2S/c1-38-13-14-39-29-18-25(34)6-7-26(29)30-32(23-3-2-20-9-12-36-28(20)17-23)37-31(27-10-15-40-33(27)30)22-4-5-24-19-35-11-8-21(24)16-22/h2-7,9-10,12,15-18,35-36H,8,11,13-14,19H2,1H3. The van der Waals surface area contributed by atoms with Gasteiger partial charge in [-0.1, -0.05) is 24.3 Å². The number of rotatable bonds is 7. The largest absolute Gasteiger partial charge is 0.490 e. The van der Waals surface area contributed by atoms with Crippen LogP contribution in [0.15, 0.2) is 78.3 Å². The van der Waals surface area contributed by atoms with Crippen molar-refractivity contribution in [1.29, 1.82) is 0 Å². The molecule has 1 aliphatic heterocycles. The molecule has 7 heteroatoms. The van der Waals surface area contributed by atoms with E-state index in [0.29, 0.717) is 19.0 Å². The first kappa shape index (κ1) is 25.0. The predicted octanol–water partition coefficient (Wildman–Crippen LogP) is 7.59. The molecule has 0 fully saturated rings. The number of fused-ring (bicyclic) bond motifs is 3. The molecule has 200 valence electrons. The number of hydrogen-bond donors (Lipinski definition) is 2. The molecule has 0 bridgehead atoms. The third kappa shape index (κ3) is 4.46. The minimum Gasteiger partial charge on any atom is -0.490 e. The molecule has 0 saturated carbocycles. The maximum absolute atomic E-state index is 14.5. The van der Waals surface area contributed by atoms with Crippen LogP contribution >= 0.6 is 11.3 Å². The minimum atomic E-state index is -0.346. The Morgan fingerprint density at radius 3 is 2.75 bits per heavy atom. The van der Waals surface area contributed by atoms with Gasteiger partial charge in [-0.3, -0.25) is 0 Å². The number of methoxy groups -OCH3 is 1. The van der Waals surface area contributed by atoms with Gasteiger partial charge in [-0.05, 0) is 71.3 Å². The third-order valence-electron chi connectivity index (χ3n) is 7.56. The zero-order chi connectivity index (χ0) is 27.1. The van der Waals surface area contributed by atoms with Crippen LogP contribution < -0.4 is 10.1 Å². The third-order valence-corrected chi connectivity index (χ3v) is 8.49. The first-order valence-electron chi connectivity index (χ1n) is 13.4. The summed E-state index contributed by atoms with van der Waals surface area (Å²) in [5.41, 5.74) is 9.37. The Balaban J connectivity index is 1.50. The van der Waals surface area contributed by atoms with E-state index in [9.17, 15) is 4.39 Å². The van der Waals surface area contributed by atoms with Crippen LogP contribution in [-0.2, 0) is 17.7 Å². The first-order chi connectivity index (χ1) is 19.7. The molecule has 5 nitrogen and oxygen atoms in total. The number of thiophene rings is 1. The van der Waals surface area contributed by atoms with Gasteiger partial charge in [0.1, 0.15) is 18.2 Å². The second-order valence-electron chi connectivity index (χ2n) is 10.0. The lowest BCUT2D eigenvalue weighted by Crippen LogP contribution is -2.23. The fraction of sp³-hybridized carbons (Fsp3) is 0.182. The lowest BCUT2D eigenvalue weighted by Gasteiger charge is -2.20. The summed E-state index contributed by atoms with van der Waals surface area (Å²) >= 11 is 1.67.